The quantitative estimate of drug-likeness (QED) is 0.694. The third-order valence-corrected chi connectivity index (χ3v) is 6.27. The predicted octanol–water partition coefficient (Wildman–Crippen LogP) is 1.67. The van der Waals surface area contributed by atoms with Crippen LogP contribution in [0.1, 0.15) is 37.7 Å². The second-order valence-corrected chi connectivity index (χ2v) is 7.87. The fraction of sp³-hybridized carbons (Fsp3) is 0.500. The number of nitrogens with zero attached hydrogens (tertiary/aromatic N) is 5. The van der Waals surface area contributed by atoms with Crippen LogP contribution in [0.3, 0.4) is 0 Å². The summed E-state index contributed by atoms with van der Waals surface area (Å²) in [6, 6.07) is 3.91. The monoisotopic (exact) mass is 395 g/mol. The molecule has 29 heavy (non-hydrogen) atoms. The molecular weight excluding hydrogens is 370 g/mol. The summed E-state index contributed by atoms with van der Waals surface area (Å²) in [6.45, 7) is 2.85. The van der Waals surface area contributed by atoms with E-state index in [2.05, 4.69) is 26.3 Å². The number of aromatic amines is 1. The van der Waals surface area contributed by atoms with Crippen molar-refractivity contribution in [3.8, 4) is 5.82 Å². The molecular formula is C20H25N7O2. The highest BCUT2D eigenvalue weighted by Crippen LogP contribution is 2.43. The lowest BCUT2D eigenvalue weighted by atomic mass is 9.68. The first-order chi connectivity index (χ1) is 14.2. The second-order valence-electron chi connectivity index (χ2n) is 7.87. The molecule has 0 atom stereocenters. The largest absolute Gasteiger partial charge is 0.378 e. The number of hydrogen-bond acceptors (Lipinski definition) is 6. The first-order valence-corrected chi connectivity index (χ1v) is 10.2. The van der Waals surface area contributed by atoms with Gasteiger partial charge < -0.3 is 15.4 Å². The summed E-state index contributed by atoms with van der Waals surface area (Å²) in [5.74, 6) is 1.31. The van der Waals surface area contributed by atoms with Gasteiger partial charge in [-0.3, -0.25) is 9.89 Å². The molecule has 5 rings (SSSR count). The molecule has 9 heteroatoms. The van der Waals surface area contributed by atoms with Gasteiger partial charge in [-0.25, -0.2) is 4.98 Å². The standard InChI is InChI=1S/C20H25N7O2/c21-19(28)20(5-2-1-3-6-20)15-12-17(26-8-10-29-11-9-26)24-18-14(15)13-23-27(18)16-4-7-22-25-16/h4,7,12-13H,1-3,5-6,8-11H2,(H2,21,28)(H,22,25). The van der Waals surface area contributed by atoms with E-state index in [1.165, 1.54) is 0 Å². The third-order valence-electron chi connectivity index (χ3n) is 6.27. The Morgan fingerprint density at radius 1 is 1.21 bits per heavy atom. The van der Waals surface area contributed by atoms with Crippen molar-refractivity contribution >= 4 is 22.8 Å². The minimum absolute atomic E-state index is 0.257. The van der Waals surface area contributed by atoms with Crippen molar-refractivity contribution in [2.75, 3.05) is 31.2 Å². The number of rotatable bonds is 4. The van der Waals surface area contributed by atoms with Crippen LogP contribution < -0.4 is 10.6 Å². The van der Waals surface area contributed by atoms with Gasteiger partial charge in [0.25, 0.3) is 0 Å². The third kappa shape index (κ3) is 2.96. The predicted molar refractivity (Wildman–Crippen MR) is 108 cm³/mol. The number of anilines is 1. The van der Waals surface area contributed by atoms with Gasteiger partial charge in [0.05, 0.1) is 31.0 Å². The average molecular weight is 395 g/mol. The molecule has 0 radical (unpaired) electrons. The number of H-pyrrole nitrogens is 1. The van der Waals surface area contributed by atoms with Gasteiger partial charge in [0.2, 0.25) is 5.91 Å². The van der Waals surface area contributed by atoms with Crippen LogP contribution in [0.2, 0.25) is 0 Å². The lowest BCUT2D eigenvalue weighted by Gasteiger charge is -2.36. The Kier molecular flexibility index (Phi) is 4.46. The van der Waals surface area contributed by atoms with E-state index in [1.54, 1.807) is 17.1 Å². The highest BCUT2D eigenvalue weighted by atomic mass is 16.5. The molecule has 3 aromatic heterocycles. The van der Waals surface area contributed by atoms with Crippen molar-refractivity contribution in [2.24, 2.45) is 5.73 Å². The number of nitrogens with two attached hydrogens (primary N) is 1. The van der Waals surface area contributed by atoms with Crippen molar-refractivity contribution in [3.63, 3.8) is 0 Å². The van der Waals surface area contributed by atoms with Crippen molar-refractivity contribution in [1.29, 1.82) is 0 Å². The maximum atomic E-state index is 12.8. The van der Waals surface area contributed by atoms with Gasteiger partial charge in [0, 0.05) is 24.5 Å². The molecule has 0 bridgehead atoms. The van der Waals surface area contributed by atoms with E-state index in [4.69, 9.17) is 15.5 Å². The lowest BCUT2D eigenvalue weighted by Crippen LogP contribution is -2.43. The minimum atomic E-state index is -0.678. The Morgan fingerprint density at radius 2 is 2.00 bits per heavy atom. The number of primary amides is 1. The number of morpholine rings is 1. The molecule has 1 amide bonds. The second kappa shape index (κ2) is 7.14. The lowest BCUT2D eigenvalue weighted by molar-refractivity contribution is -0.124. The summed E-state index contributed by atoms with van der Waals surface area (Å²) in [5.41, 5.74) is 6.99. The number of pyridine rings is 1. The first kappa shape index (κ1) is 18.1. The zero-order valence-corrected chi connectivity index (χ0v) is 16.3. The molecule has 3 N–H and O–H groups in total. The molecule has 3 aromatic rings. The maximum Gasteiger partial charge on any atom is 0.228 e. The topological polar surface area (TPSA) is 115 Å². The zero-order chi connectivity index (χ0) is 19.8. The zero-order valence-electron chi connectivity index (χ0n) is 16.3. The van der Waals surface area contributed by atoms with Gasteiger partial charge >= 0.3 is 0 Å². The van der Waals surface area contributed by atoms with Gasteiger partial charge in [-0.15, -0.1) is 0 Å². The molecule has 4 heterocycles. The number of fused-ring (bicyclic) bond motifs is 1. The van der Waals surface area contributed by atoms with Crippen LogP contribution >= 0.6 is 0 Å². The van der Waals surface area contributed by atoms with Crippen molar-refractivity contribution in [3.05, 3.63) is 30.1 Å². The molecule has 1 saturated carbocycles. The van der Waals surface area contributed by atoms with Crippen LogP contribution in [0.4, 0.5) is 5.82 Å². The number of carbonyl (C=O) groups is 1. The van der Waals surface area contributed by atoms with Gasteiger partial charge in [0.1, 0.15) is 5.82 Å². The first-order valence-electron chi connectivity index (χ1n) is 10.2. The normalized spacial score (nSPS) is 19.5. The number of carbonyl (C=O) groups excluding carboxylic acids is 1. The Bertz CT molecular complexity index is 1020. The van der Waals surface area contributed by atoms with Gasteiger partial charge in [-0.1, -0.05) is 19.3 Å². The number of hydrogen-bond donors (Lipinski definition) is 2. The van der Waals surface area contributed by atoms with E-state index in [0.717, 1.165) is 67.8 Å². The number of ether oxygens (including phenoxy) is 1. The van der Waals surface area contributed by atoms with Crippen LogP contribution in [0, 0.1) is 0 Å². The molecule has 2 aliphatic rings. The van der Waals surface area contributed by atoms with Crippen molar-refractivity contribution < 1.29 is 9.53 Å². The average Bonchev–Trinajstić information content (AvgIpc) is 3.43. The fourth-order valence-electron chi connectivity index (χ4n) is 4.68. The smallest absolute Gasteiger partial charge is 0.228 e. The van der Waals surface area contributed by atoms with Crippen LogP contribution in [-0.4, -0.2) is 57.2 Å². The highest BCUT2D eigenvalue weighted by molar-refractivity contribution is 5.94. The van der Waals surface area contributed by atoms with E-state index in [0.29, 0.717) is 18.9 Å². The number of aromatic nitrogens is 5. The summed E-state index contributed by atoms with van der Waals surface area (Å²) < 4.78 is 7.25. The maximum absolute atomic E-state index is 12.8. The summed E-state index contributed by atoms with van der Waals surface area (Å²) in [5, 5.41) is 12.4. The number of amides is 1. The Morgan fingerprint density at radius 3 is 2.69 bits per heavy atom. The Balaban J connectivity index is 1.74. The summed E-state index contributed by atoms with van der Waals surface area (Å²) in [6.07, 6.45) is 8.12. The van der Waals surface area contributed by atoms with Crippen molar-refractivity contribution in [2.45, 2.75) is 37.5 Å². The van der Waals surface area contributed by atoms with Crippen LogP contribution in [0.25, 0.3) is 16.9 Å². The fourth-order valence-corrected chi connectivity index (χ4v) is 4.68. The van der Waals surface area contributed by atoms with Crippen molar-refractivity contribution in [1.82, 2.24) is 25.0 Å². The van der Waals surface area contributed by atoms with E-state index >= 15 is 0 Å². The Hall–Kier alpha value is -2.94. The molecule has 152 valence electrons. The van der Waals surface area contributed by atoms with Crippen LogP contribution in [0.15, 0.2) is 24.5 Å². The van der Waals surface area contributed by atoms with Gasteiger partial charge in [-0.05, 0) is 24.5 Å². The van der Waals surface area contributed by atoms with E-state index in [9.17, 15) is 4.79 Å². The summed E-state index contributed by atoms with van der Waals surface area (Å²) in [7, 11) is 0. The summed E-state index contributed by atoms with van der Waals surface area (Å²) in [4.78, 5) is 19.9. The molecule has 1 aliphatic heterocycles. The van der Waals surface area contributed by atoms with E-state index in [1.807, 2.05) is 6.07 Å². The molecule has 1 aliphatic carbocycles. The number of nitrogens with one attached hydrogen (secondary N) is 1. The van der Waals surface area contributed by atoms with Crippen LogP contribution in [0.5, 0.6) is 0 Å². The molecule has 0 aromatic carbocycles. The molecule has 2 fully saturated rings. The SMILES string of the molecule is NC(=O)C1(c2cc(N3CCOCC3)nc3c2cnn3-c2ccn[nH]2)CCCCC1. The van der Waals surface area contributed by atoms with Gasteiger partial charge in [-0.2, -0.15) is 14.9 Å². The molecule has 9 nitrogen and oxygen atoms in total. The summed E-state index contributed by atoms with van der Waals surface area (Å²) >= 11 is 0. The molecule has 0 unspecified atom stereocenters. The molecule has 0 spiro atoms. The highest BCUT2D eigenvalue weighted by Gasteiger charge is 2.42. The van der Waals surface area contributed by atoms with E-state index in [-0.39, 0.29) is 5.91 Å². The molecule has 1 saturated heterocycles. The van der Waals surface area contributed by atoms with E-state index < -0.39 is 5.41 Å². The van der Waals surface area contributed by atoms with Gasteiger partial charge in [0.15, 0.2) is 11.5 Å². The minimum Gasteiger partial charge on any atom is -0.378 e. The van der Waals surface area contributed by atoms with Crippen LogP contribution in [-0.2, 0) is 14.9 Å². The Labute approximate surface area is 168 Å².